The summed E-state index contributed by atoms with van der Waals surface area (Å²) in [6.07, 6.45) is 6.57. The molecule has 8 rings (SSSR count). The lowest BCUT2D eigenvalue weighted by molar-refractivity contribution is -0.0824. The van der Waals surface area contributed by atoms with Crippen LogP contribution < -0.4 is 9.64 Å². The lowest BCUT2D eigenvalue weighted by Gasteiger charge is -2.59. The number of aliphatic hydroxyl groups is 1. The Balaban J connectivity index is 1.25. The van der Waals surface area contributed by atoms with Gasteiger partial charge >= 0.3 is 6.01 Å². The number of aromatic hydroxyl groups is 1. The van der Waals surface area contributed by atoms with E-state index in [2.05, 4.69) is 21.8 Å². The van der Waals surface area contributed by atoms with Crippen LogP contribution in [0.25, 0.3) is 32.9 Å². The maximum absolute atomic E-state index is 16.7. The van der Waals surface area contributed by atoms with Gasteiger partial charge in [-0.25, -0.2) is 8.78 Å². The fourth-order valence-corrected chi connectivity index (χ4v) is 8.48. The topological polar surface area (TPSA) is 94.8 Å². The quantitative estimate of drug-likeness (QED) is 0.295. The summed E-state index contributed by atoms with van der Waals surface area (Å²) in [7, 11) is 0. The van der Waals surface area contributed by atoms with Gasteiger partial charge in [0.05, 0.1) is 17.0 Å². The number of anilines is 1. The highest BCUT2D eigenvalue weighted by molar-refractivity contribution is 6.01. The minimum Gasteiger partial charge on any atom is -0.508 e. The number of ether oxygens (including phenoxy) is 1. The Labute approximate surface area is 254 Å². The van der Waals surface area contributed by atoms with E-state index in [9.17, 15) is 14.6 Å². The van der Waals surface area contributed by atoms with Gasteiger partial charge in [0.2, 0.25) is 0 Å². The van der Waals surface area contributed by atoms with Gasteiger partial charge in [0.25, 0.3) is 0 Å². The molecule has 0 bridgehead atoms. The third-order valence-electron chi connectivity index (χ3n) is 10.8. The lowest BCUT2D eigenvalue weighted by Crippen LogP contribution is -2.67. The number of hydrogen-bond acceptors (Lipinski definition) is 8. The number of benzene rings is 2. The molecule has 4 fully saturated rings. The molecule has 1 spiro atoms. The predicted molar refractivity (Wildman–Crippen MR) is 164 cm³/mol. The summed E-state index contributed by atoms with van der Waals surface area (Å²) in [5, 5.41) is 22.6. The maximum atomic E-state index is 16.7. The van der Waals surface area contributed by atoms with Gasteiger partial charge in [-0.2, -0.15) is 9.97 Å². The van der Waals surface area contributed by atoms with Crippen LogP contribution in [0.2, 0.25) is 0 Å². The maximum Gasteiger partial charge on any atom is 0.319 e. The Hall–Kier alpha value is -3.63. The van der Waals surface area contributed by atoms with Crippen LogP contribution >= 0.6 is 0 Å². The van der Waals surface area contributed by atoms with Crippen molar-refractivity contribution in [2.75, 3.05) is 37.7 Å². The second kappa shape index (κ2) is 9.94. The summed E-state index contributed by atoms with van der Waals surface area (Å²) in [4.78, 5) is 18.5. The fraction of sp³-hybridized carbons (Fsp3) is 0.500. The van der Waals surface area contributed by atoms with Crippen molar-refractivity contribution < 1.29 is 23.7 Å². The SMILES string of the molecule is CCc1c(F)ccc2cc(O)cc(-c3ncc4c(N5CC6(CCC6O)C5)nc(OC[C@@]56CCCN5C[C@H](C)C6)nc4c3F)c12. The molecular weight excluding hydrogens is 564 g/mol. The van der Waals surface area contributed by atoms with Gasteiger partial charge in [-0.05, 0) is 85.5 Å². The van der Waals surface area contributed by atoms with E-state index in [4.69, 9.17) is 9.72 Å². The van der Waals surface area contributed by atoms with Crippen LogP contribution in [0.5, 0.6) is 11.8 Å². The molecule has 3 saturated heterocycles. The summed E-state index contributed by atoms with van der Waals surface area (Å²) in [6.45, 7) is 7.88. The van der Waals surface area contributed by atoms with Gasteiger partial charge in [-0.15, -0.1) is 0 Å². The van der Waals surface area contributed by atoms with Crippen LogP contribution in [0.3, 0.4) is 0 Å². The number of aromatic nitrogens is 3. The highest BCUT2D eigenvalue weighted by Gasteiger charge is 2.55. The Kier molecular flexibility index (Phi) is 6.30. The van der Waals surface area contributed by atoms with Crippen LogP contribution in [0.1, 0.15) is 51.5 Å². The van der Waals surface area contributed by atoms with Gasteiger partial charge in [-0.3, -0.25) is 9.88 Å². The lowest BCUT2D eigenvalue weighted by atomic mass is 9.61. The van der Waals surface area contributed by atoms with E-state index in [-0.39, 0.29) is 45.8 Å². The minimum atomic E-state index is -0.678. The van der Waals surface area contributed by atoms with Crippen LogP contribution in [-0.4, -0.2) is 74.5 Å². The van der Waals surface area contributed by atoms with Crippen molar-refractivity contribution in [3.8, 4) is 23.0 Å². The number of hydrogen-bond donors (Lipinski definition) is 2. The van der Waals surface area contributed by atoms with Crippen LogP contribution in [0.15, 0.2) is 30.5 Å². The van der Waals surface area contributed by atoms with E-state index in [1.807, 2.05) is 11.8 Å². The molecule has 3 aliphatic heterocycles. The monoisotopic (exact) mass is 601 g/mol. The molecule has 10 heteroatoms. The second-order valence-corrected chi connectivity index (χ2v) is 13.6. The molecule has 2 N–H and O–H groups in total. The molecule has 2 aromatic heterocycles. The number of nitrogens with zero attached hydrogens (tertiary/aromatic N) is 5. The van der Waals surface area contributed by atoms with Gasteiger partial charge in [-0.1, -0.05) is 19.9 Å². The number of phenols is 1. The van der Waals surface area contributed by atoms with E-state index >= 15 is 4.39 Å². The molecule has 1 aliphatic carbocycles. The van der Waals surface area contributed by atoms with Crippen molar-refractivity contribution in [2.45, 2.75) is 64.0 Å². The van der Waals surface area contributed by atoms with E-state index in [0.717, 1.165) is 45.2 Å². The first-order chi connectivity index (χ1) is 21.2. The standard InChI is InChI=1S/C34H37F2N5O3/c1-3-22-25(35)6-5-20-11-21(42)12-23(27(20)22)29-28(36)30-24(14-37-29)31(40-16-33(17-40)9-7-26(33)43)39-32(38-30)44-18-34-8-4-10-41(34)15-19(2)13-34/h5-6,11-12,14,19,26,42-43H,3-4,7-10,13,15-18H2,1-2H3/t19-,26?,34+/m1/s1. The Morgan fingerprint density at radius 2 is 1.98 bits per heavy atom. The second-order valence-electron chi connectivity index (χ2n) is 13.6. The fourth-order valence-electron chi connectivity index (χ4n) is 8.48. The smallest absolute Gasteiger partial charge is 0.319 e. The average molecular weight is 602 g/mol. The molecule has 1 unspecified atom stereocenters. The molecule has 8 nitrogen and oxygen atoms in total. The molecule has 3 atom stereocenters. The third kappa shape index (κ3) is 4.10. The summed E-state index contributed by atoms with van der Waals surface area (Å²) < 4.78 is 38.0. The van der Waals surface area contributed by atoms with Crippen molar-refractivity contribution in [3.05, 3.63) is 47.7 Å². The summed E-state index contributed by atoms with van der Waals surface area (Å²) >= 11 is 0. The molecule has 0 amide bonds. The summed E-state index contributed by atoms with van der Waals surface area (Å²) in [6, 6.07) is 6.05. The van der Waals surface area contributed by atoms with Crippen LogP contribution in [0, 0.1) is 23.0 Å². The van der Waals surface area contributed by atoms with Crippen molar-refractivity contribution >= 4 is 27.5 Å². The Bertz CT molecular complexity index is 1810. The van der Waals surface area contributed by atoms with Gasteiger partial charge in [0.1, 0.15) is 35.2 Å². The number of fused-ring (bicyclic) bond motifs is 3. The largest absolute Gasteiger partial charge is 0.508 e. The molecule has 2 aromatic carbocycles. The third-order valence-corrected chi connectivity index (χ3v) is 10.8. The number of aliphatic hydroxyl groups excluding tert-OH is 1. The molecule has 0 radical (unpaired) electrons. The van der Waals surface area contributed by atoms with Crippen molar-refractivity contribution in [3.63, 3.8) is 0 Å². The van der Waals surface area contributed by atoms with E-state index in [1.165, 1.54) is 12.1 Å². The Morgan fingerprint density at radius 1 is 1.14 bits per heavy atom. The zero-order valence-electron chi connectivity index (χ0n) is 25.1. The van der Waals surface area contributed by atoms with Gasteiger partial charge in [0.15, 0.2) is 5.82 Å². The number of pyridine rings is 1. The normalized spacial score (nSPS) is 25.9. The average Bonchev–Trinajstić information content (AvgIpc) is 3.50. The van der Waals surface area contributed by atoms with Gasteiger partial charge < -0.3 is 19.8 Å². The first-order valence-electron chi connectivity index (χ1n) is 15.8. The number of phenolic OH excluding ortho intramolecular Hbond substituents is 1. The molecule has 44 heavy (non-hydrogen) atoms. The molecule has 230 valence electrons. The number of aryl methyl sites for hydroxylation is 1. The van der Waals surface area contributed by atoms with Crippen molar-refractivity contribution in [2.24, 2.45) is 11.3 Å². The number of rotatable bonds is 6. The van der Waals surface area contributed by atoms with Crippen molar-refractivity contribution in [1.29, 1.82) is 0 Å². The van der Waals surface area contributed by atoms with E-state index in [1.54, 1.807) is 18.3 Å². The first-order valence-corrected chi connectivity index (χ1v) is 15.8. The summed E-state index contributed by atoms with van der Waals surface area (Å²) in [5.74, 6) is -0.0115. The zero-order valence-corrected chi connectivity index (χ0v) is 25.1. The highest BCUT2D eigenvalue weighted by Crippen LogP contribution is 2.51. The number of halogens is 2. The molecule has 5 heterocycles. The minimum absolute atomic E-state index is 0.0195. The molecule has 1 saturated carbocycles. The molecular formula is C34H37F2N5O3. The highest BCUT2D eigenvalue weighted by atomic mass is 19.1. The first kappa shape index (κ1) is 27.9. The van der Waals surface area contributed by atoms with E-state index in [0.29, 0.717) is 65.1 Å². The zero-order chi connectivity index (χ0) is 30.4. The van der Waals surface area contributed by atoms with Gasteiger partial charge in [0, 0.05) is 36.8 Å². The molecule has 4 aliphatic rings. The Morgan fingerprint density at radius 3 is 2.73 bits per heavy atom. The summed E-state index contributed by atoms with van der Waals surface area (Å²) in [5.41, 5.74) is 0.582. The molecule has 4 aromatic rings. The van der Waals surface area contributed by atoms with Crippen LogP contribution in [-0.2, 0) is 6.42 Å². The van der Waals surface area contributed by atoms with Crippen molar-refractivity contribution in [1.82, 2.24) is 19.9 Å². The van der Waals surface area contributed by atoms with E-state index < -0.39 is 5.82 Å². The predicted octanol–water partition coefficient (Wildman–Crippen LogP) is 5.61. The van der Waals surface area contributed by atoms with Crippen LogP contribution in [0.4, 0.5) is 14.6 Å².